The molecule has 6 nitrogen and oxygen atoms in total. The molecule has 0 atom stereocenters. The van der Waals surface area contributed by atoms with Gasteiger partial charge in [0.15, 0.2) is 0 Å². The van der Waals surface area contributed by atoms with E-state index in [9.17, 15) is 4.79 Å². The molecule has 0 saturated heterocycles. The van der Waals surface area contributed by atoms with Crippen LogP contribution in [0.5, 0.6) is 0 Å². The molecule has 4 rings (SSSR count). The summed E-state index contributed by atoms with van der Waals surface area (Å²) in [4.78, 5) is 12.8. The number of nitrogens with two attached hydrogens (primary N) is 1. The van der Waals surface area contributed by atoms with E-state index in [1.54, 1.807) is 12.3 Å². The Balaban J connectivity index is 1.87. The molecule has 3 N–H and O–H groups in total. The predicted octanol–water partition coefficient (Wildman–Crippen LogP) is 1.91. The van der Waals surface area contributed by atoms with E-state index in [0.29, 0.717) is 11.4 Å². The molecule has 1 aliphatic rings. The van der Waals surface area contributed by atoms with Gasteiger partial charge >= 0.3 is 0 Å². The minimum Gasteiger partial charge on any atom is -0.382 e. The number of hydrogen-bond donors (Lipinski definition) is 2. The van der Waals surface area contributed by atoms with Crippen LogP contribution in [0.2, 0.25) is 0 Å². The van der Waals surface area contributed by atoms with Gasteiger partial charge in [0, 0.05) is 10.9 Å². The third-order valence-corrected chi connectivity index (χ3v) is 4.12. The zero-order valence-electron chi connectivity index (χ0n) is 11.5. The van der Waals surface area contributed by atoms with Gasteiger partial charge in [-0.1, -0.05) is 6.07 Å². The number of aromatic amines is 1. The van der Waals surface area contributed by atoms with Crippen molar-refractivity contribution in [1.82, 2.24) is 20.0 Å². The number of H-pyrrole nitrogens is 1. The van der Waals surface area contributed by atoms with E-state index >= 15 is 0 Å². The van der Waals surface area contributed by atoms with Crippen molar-refractivity contribution in [3.05, 3.63) is 41.2 Å². The first kappa shape index (κ1) is 12.1. The van der Waals surface area contributed by atoms with Gasteiger partial charge in [-0.3, -0.25) is 9.89 Å². The number of nitrogens with zero attached hydrogens (tertiary/aromatic N) is 3. The largest absolute Gasteiger partial charge is 0.382 e. The molecule has 2 heterocycles. The van der Waals surface area contributed by atoms with Crippen LogP contribution in [-0.2, 0) is 12.8 Å². The molecule has 0 aliphatic heterocycles. The normalized spacial score (nSPS) is 14.3. The van der Waals surface area contributed by atoms with E-state index < -0.39 is 0 Å². The molecule has 1 aromatic carbocycles. The third kappa shape index (κ3) is 1.75. The summed E-state index contributed by atoms with van der Waals surface area (Å²) in [7, 11) is 0. The summed E-state index contributed by atoms with van der Waals surface area (Å²) in [6.45, 7) is 0. The molecule has 0 bridgehead atoms. The Morgan fingerprint density at radius 3 is 3.05 bits per heavy atom. The number of carbonyl (C=O) groups excluding carboxylic acids is 1. The Hall–Kier alpha value is -2.63. The molecular formula is C15H15N5O. The summed E-state index contributed by atoms with van der Waals surface area (Å²) >= 11 is 0. The summed E-state index contributed by atoms with van der Waals surface area (Å²) < 4.78 is 1.48. The fourth-order valence-electron chi connectivity index (χ4n) is 3.06. The quantitative estimate of drug-likeness (QED) is 0.713. The molecule has 21 heavy (non-hydrogen) atoms. The second-order valence-corrected chi connectivity index (χ2v) is 5.37. The molecule has 0 unspecified atom stereocenters. The number of aromatic nitrogens is 4. The first-order valence-electron chi connectivity index (χ1n) is 7.09. The molecule has 0 amide bonds. The van der Waals surface area contributed by atoms with Crippen LogP contribution in [0.15, 0.2) is 24.4 Å². The van der Waals surface area contributed by atoms with Gasteiger partial charge in [0.05, 0.1) is 23.0 Å². The smallest absolute Gasteiger partial charge is 0.279 e. The van der Waals surface area contributed by atoms with Crippen molar-refractivity contribution in [3.63, 3.8) is 0 Å². The van der Waals surface area contributed by atoms with E-state index in [1.165, 1.54) is 4.68 Å². The first-order valence-corrected chi connectivity index (χ1v) is 7.09. The number of fused-ring (bicyclic) bond motifs is 2. The summed E-state index contributed by atoms with van der Waals surface area (Å²) in [5, 5.41) is 12.0. The maximum atomic E-state index is 12.8. The Bertz CT molecular complexity index is 845. The fraction of sp³-hybridized carbons (Fsp3) is 0.267. The lowest BCUT2D eigenvalue weighted by molar-refractivity contribution is 0.0943. The highest BCUT2D eigenvalue weighted by Crippen LogP contribution is 2.27. The Morgan fingerprint density at radius 1 is 1.29 bits per heavy atom. The zero-order chi connectivity index (χ0) is 14.4. The summed E-state index contributed by atoms with van der Waals surface area (Å²) in [6, 6.07) is 5.53. The lowest BCUT2D eigenvalue weighted by Gasteiger charge is -2.13. The number of hydrogen-bond acceptors (Lipinski definition) is 4. The standard InChI is InChI=1S/C15H15N5O/c16-14-10-4-1-2-7-13(10)20(19-14)15(21)9-5-3-6-12-11(9)8-17-18-12/h3,5-6,8H,1-2,4,7H2,(H2,16,19)(H,17,18). The van der Waals surface area contributed by atoms with Crippen molar-refractivity contribution in [3.8, 4) is 0 Å². The maximum Gasteiger partial charge on any atom is 0.279 e. The summed E-state index contributed by atoms with van der Waals surface area (Å²) in [5.74, 6) is 0.342. The molecule has 6 heteroatoms. The molecule has 0 spiro atoms. The number of nitrogen functional groups attached to an aromatic ring is 1. The van der Waals surface area contributed by atoms with Gasteiger partial charge in [-0.25, -0.2) is 0 Å². The highest BCUT2D eigenvalue weighted by Gasteiger charge is 2.24. The van der Waals surface area contributed by atoms with Crippen LogP contribution in [0.25, 0.3) is 10.9 Å². The second kappa shape index (κ2) is 4.44. The highest BCUT2D eigenvalue weighted by atomic mass is 16.2. The minimum atomic E-state index is -0.142. The average molecular weight is 281 g/mol. The highest BCUT2D eigenvalue weighted by molar-refractivity contribution is 6.07. The number of anilines is 1. The minimum absolute atomic E-state index is 0.142. The zero-order valence-corrected chi connectivity index (χ0v) is 11.5. The van der Waals surface area contributed by atoms with Crippen molar-refractivity contribution in [2.45, 2.75) is 25.7 Å². The van der Waals surface area contributed by atoms with Gasteiger partial charge in [0.25, 0.3) is 5.91 Å². The van der Waals surface area contributed by atoms with E-state index in [-0.39, 0.29) is 5.91 Å². The monoisotopic (exact) mass is 281 g/mol. The van der Waals surface area contributed by atoms with Crippen molar-refractivity contribution in [2.24, 2.45) is 0 Å². The lowest BCUT2D eigenvalue weighted by Crippen LogP contribution is -2.18. The average Bonchev–Trinajstić information content (AvgIpc) is 3.11. The van der Waals surface area contributed by atoms with E-state index in [0.717, 1.165) is 47.8 Å². The third-order valence-electron chi connectivity index (χ3n) is 4.12. The van der Waals surface area contributed by atoms with Crippen LogP contribution >= 0.6 is 0 Å². The predicted molar refractivity (Wildman–Crippen MR) is 79.1 cm³/mol. The Kier molecular flexibility index (Phi) is 2.57. The topological polar surface area (TPSA) is 89.6 Å². The van der Waals surface area contributed by atoms with Gasteiger partial charge in [0.1, 0.15) is 5.82 Å². The summed E-state index contributed by atoms with van der Waals surface area (Å²) in [6.07, 6.45) is 5.61. The van der Waals surface area contributed by atoms with Crippen molar-refractivity contribution in [2.75, 3.05) is 5.73 Å². The van der Waals surface area contributed by atoms with Crippen molar-refractivity contribution < 1.29 is 4.79 Å². The van der Waals surface area contributed by atoms with Gasteiger partial charge in [-0.05, 0) is 37.8 Å². The van der Waals surface area contributed by atoms with Crippen LogP contribution in [0.3, 0.4) is 0 Å². The van der Waals surface area contributed by atoms with Crippen LogP contribution in [0.1, 0.15) is 34.5 Å². The number of rotatable bonds is 1. The number of nitrogens with one attached hydrogen (secondary N) is 1. The molecule has 0 radical (unpaired) electrons. The number of benzene rings is 1. The molecule has 2 aromatic heterocycles. The van der Waals surface area contributed by atoms with Gasteiger partial charge < -0.3 is 5.73 Å². The molecule has 0 fully saturated rings. The first-order chi connectivity index (χ1) is 10.3. The lowest BCUT2D eigenvalue weighted by atomic mass is 9.97. The Morgan fingerprint density at radius 2 is 2.14 bits per heavy atom. The van der Waals surface area contributed by atoms with E-state index in [4.69, 9.17) is 5.73 Å². The van der Waals surface area contributed by atoms with Crippen LogP contribution in [-0.4, -0.2) is 25.9 Å². The summed E-state index contributed by atoms with van der Waals surface area (Å²) in [5.41, 5.74) is 9.40. The van der Waals surface area contributed by atoms with Gasteiger partial charge in [-0.15, -0.1) is 5.10 Å². The molecule has 3 aromatic rings. The van der Waals surface area contributed by atoms with Gasteiger partial charge in [0.2, 0.25) is 0 Å². The molecule has 0 saturated carbocycles. The van der Waals surface area contributed by atoms with Crippen LogP contribution in [0.4, 0.5) is 5.82 Å². The fourth-order valence-corrected chi connectivity index (χ4v) is 3.06. The molecular weight excluding hydrogens is 266 g/mol. The SMILES string of the molecule is Nc1nn(C(=O)c2cccc3[nH]ncc23)c2c1CCCC2. The molecule has 106 valence electrons. The van der Waals surface area contributed by atoms with Crippen LogP contribution in [0, 0.1) is 0 Å². The van der Waals surface area contributed by atoms with E-state index in [2.05, 4.69) is 15.3 Å². The second-order valence-electron chi connectivity index (χ2n) is 5.37. The van der Waals surface area contributed by atoms with E-state index in [1.807, 2.05) is 12.1 Å². The molecule has 1 aliphatic carbocycles. The van der Waals surface area contributed by atoms with Gasteiger partial charge in [-0.2, -0.15) is 9.78 Å². The van der Waals surface area contributed by atoms with Crippen LogP contribution < -0.4 is 5.73 Å². The van der Waals surface area contributed by atoms with Crippen molar-refractivity contribution >= 4 is 22.6 Å². The maximum absolute atomic E-state index is 12.8. The Labute approximate surface area is 120 Å². The van der Waals surface area contributed by atoms with Crippen molar-refractivity contribution in [1.29, 1.82) is 0 Å². The number of carbonyl (C=O) groups is 1.